The fourth-order valence-corrected chi connectivity index (χ4v) is 2.55. The number of esters is 1. The molecule has 0 unspecified atom stereocenters. The number of hydrogen-bond donors (Lipinski definition) is 1. The molecule has 142 valence electrons. The van der Waals surface area contributed by atoms with E-state index in [2.05, 4.69) is 19.2 Å². The molecule has 27 heavy (non-hydrogen) atoms. The number of nitro benzene ring substituents is 1. The van der Waals surface area contributed by atoms with E-state index in [4.69, 9.17) is 4.74 Å². The van der Waals surface area contributed by atoms with Crippen molar-refractivity contribution < 1.29 is 19.2 Å². The van der Waals surface area contributed by atoms with Gasteiger partial charge in [-0.25, -0.2) is 4.79 Å². The molecule has 0 fully saturated rings. The van der Waals surface area contributed by atoms with Gasteiger partial charge in [0, 0.05) is 18.7 Å². The molecule has 1 N–H and O–H groups in total. The minimum atomic E-state index is -0.787. The Morgan fingerprint density at radius 3 is 2.33 bits per heavy atom. The van der Waals surface area contributed by atoms with Crippen LogP contribution in [0.3, 0.4) is 0 Å². The van der Waals surface area contributed by atoms with Gasteiger partial charge in [-0.3, -0.25) is 14.9 Å². The van der Waals surface area contributed by atoms with Crippen LogP contribution >= 0.6 is 0 Å². The number of ketones is 1. The molecule has 0 amide bonds. The number of rotatable bonds is 8. The second kappa shape index (κ2) is 8.93. The van der Waals surface area contributed by atoms with Crippen LogP contribution in [0.5, 0.6) is 0 Å². The van der Waals surface area contributed by atoms with Crippen LogP contribution in [0.1, 0.15) is 52.5 Å². The normalized spacial score (nSPS) is 11.5. The minimum absolute atomic E-state index is 0.0145. The monoisotopic (exact) mass is 370 g/mol. The van der Waals surface area contributed by atoms with Gasteiger partial charge in [-0.1, -0.05) is 38.1 Å². The number of Topliss-reactive ketones (excluding diaryl/α,β-unsaturated/α-hetero) is 1. The SMILES string of the molecule is CC[C@@H](C)c1ccc(C(=O)COC(=O)c2ccc(NC)c([N+](=O)[O-])c2)cc1. The molecule has 2 aromatic rings. The van der Waals surface area contributed by atoms with Gasteiger partial charge in [-0.05, 0) is 30.0 Å². The quantitative estimate of drug-likeness (QED) is 0.324. The van der Waals surface area contributed by atoms with E-state index in [-0.39, 0.29) is 22.7 Å². The molecule has 0 saturated heterocycles. The smallest absolute Gasteiger partial charge is 0.338 e. The third-order valence-electron chi connectivity index (χ3n) is 4.45. The molecule has 0 bridgehead atoms. The first kappa shape index (κ1) is 20.1. The first-order valence-electron chi connectivity index (χ1n) is 8.63. The van der Waals surface area contributed by atoms with Crippen molar-refractivity contribution in [3.63, 3.8) is 0 Å². The van der Waals surface area contributed by atoms with Crippen molar-refractivity contribution >= 4 is 23.1 Å². The van der Waals surface area contributed by atoms with Crippen molar-refractivity contribution in [2.24, 2.45) is 0 Å². The summed E-state index contributed by atoms with van der Waals surface area (Å²) in [5, 5.41) is 13.7. The molecular weight excluding hydrogens is 348 g/mol. The summed E-state index contributed by atoms with van der Waals surface area (Å²) in [6.07, 6.45) is 1.00. The standard InChI is InChI=1S/C20H22N2O5/c1-4-13(2)14-5-7-15(8-6-14)19(23)12-27-20(24)16-9-10-17(21-3)18(11-16)22(25)26/h5-11,13,21H,4,12H2,1-3H3/t13-/m1/s1. The average Bonchev–Trinajstić information content (AvgIpc) is 2.70. The van der Waals surface area contributed by atoms with Crippen molar-refractivity contribution in [1.29, 1.82) is 0 Å². The summed E-state index contributed by atoms with van der Waals surface area (Å²) in [4.78, 5) is 34.8. The Kier molecular flexibility index (Phi) is 6.65. The van der Waals surface area contributed by atoms with E-state index < -0.39 is 17.5 Å². The van der Waals surface area contributed by atoms with E-state index in [1.807, 2.05) is 12.1 Å². The Labute approximate surface area is 157 Å². The summed E-state index contributed by atoms with van der Waals surface area (Å²) in [7, 11) is 1.55. The molecule has 7 nitrogen and oxygen atoms in total. The molecule has 0 aliphatic heterocycles. The van der Waals surface area contributed by atoms with Crippen LogP contribution in [0, 0.1) is 10.1 Å². The molecule has 7 heteroatoms. The van der Waals surface area contributed by atoms with E-state index in [1.54, 1.807) is 19.2 Å². The molecule has 0 aliphatic carbocycles. The van der Waals surface area contributed by atoms with Gasteiger partial charge in [-0.2, -0.15) is 0 Å². The maximum atomic E-state index is 12.2. The second-order valence-corrected chi connectivity index (χ2v) is 6.17. The lowest BCUT2D eigenvalue weighted by Crippen LogP contribution is -2.14. The molecule has 0 radical (unpaired) electrons. The van der Waals surface area contributed by atoms with Gasteiger partial charge in [0.2, 0.25) is 0 Å². The molecule has 0 aromatic heterocycles. The summed E-state index contributed by atoms with van der Waals surface area (Å²) in [5.74, 6) is -0.714. The minimum Gasteiger partial charge on any atom is -0.454 e. The van der Waals surface area contributed by atoms with Crippen molar-refractivity contribution in [3.8, 4) is 0 Å². The summed E-state index contributed by atoms with van der Waals surface area (Å²) >= 11 is 0. The van der Waals surface area contributed by atoms with E-state index in [9.17, 15) is 19.7 Å². The third kappa shape index (κ3) is 4.91. The van der Waals surface area contributed by atoms with E-state index in [1.165, 1.54) is 12.1 Å². The molecule has 1 atom stereocenters. The van der Waals surface area contributed by atoms with E-state index in [0.717, 1.165) is 18.1 Å². The van der Waals surface area contributed by atoms with Crippen LogP contribution in [0.15, 0.2) is 42.5 Å². The van der Waals surface area contributed by atoms with E-state index in [0.29, 0.717) is 11.5 Å². The highest BCUT2D eigenvalue weighted by Gasteiger charge is 2.18. The Hall–Kier alpha value is -3.22. The first-order valence-corrected chi connectivity index (χ1v) is 8.63. The summed E-state index contributed by atoms with van der Waals surface area (Å²) in [5.41, 5.74) is 1.66. The zero-order valence-corrected chi connectivity index (χ0v) is 15.5. The number of carbonyl (C=O) groups is 2. The number of ether oxygens (including phenoxy) is 1. The molecule has 0 spiro atoms. The first-order chi connectivity index (χ1) is 12.9. The fraction of sp³-hybridized carbons (Fsp3) is 0.300. The zero-order valence-electron chi connectivity index (χ0n) is 15.5. The number of hydrogen-bond acceptors (Lipinski definition) is 6. The molecule has 0 heterocycles. The molecule has 2 aromatic carbocycles. The zero-order chi connectivity index (χ0) is 20.0. The van der Waals surface area contributed by atoms with Crippen molar-refractivity contribution in [2.75, 3.05) is 19.0 Å². The van der Waals surface area contributed by atoms with Gasteiger partial charge in [0.25, 0.3) is 5.69 Å². The predicted molar refractivity (Wildman–Crippen MR) is 102 cm³/mol. The molecule has 2 rings (SSSR count). The van der Waals surface area contributed by atoms with Gasteiger partial charge >= 0.3 is 5.97 Å². The fourth-order valence-electron chi connectivity index (χ4n) is 2.55. The number of anilines is 1. The summed E-state index contributed by atoms with van der Waals surface area (Å²) in [6, 6.07) is 11.2. The lowest BCUT2D eigenvalue weighted by atomic mass is 9.97. The third-order valence-corrected chi connectivity index (χ3v) is 4.45. The van der Waals surface area contributed by atoms with Crippen LogP contribution in [-0.2, 0) is 4.74 Å². The largest absolute Gasteiger partial charge is 0.454 e. The Morgan fingerprint density at radius 2 is 1.78 bits per heavy atom. The van der Waals surface area contributed by atoms with Gasteiger partial charge < -0.3 is 10.1 Å². The Balaban J connectivity index is 2.03. The second-order valence-electron chi connectivity index (χ2n) is 6.17. The number of carbonyl (C=O) groups excluding carboxylic acids is 2. The highest BCUT2D eigenvalue weighted by atomic mass is 16.6. The van der Waals surface area contributed by atoms with Crippen LogP contribution in [-0.4, -0.2) is 30.3 Å². The van der Waals surface area contributed by atoms with Crippen molar-refractivity contribution in [1.82, 2.24) is 0 Å². The molecular formula is C20H22N2O5. The summed E-state index contributed by atoms with van der Waals surface area (Å²) < 4.78 is 5.02. The van der Waals surface area contributed by atoms with Crippen LogP contribution in [0.2, 0.25) is 0 Å². The maximum Gasteiger partial charge on any atom is 0.338 e. The van der Waals surface area contributed by atoms with E-state index >= 15 is 0 Å². The average molecular weight is 370 g/mol. The number of nitrogens with one attached hydrogen (secondary N) is 1. The van der Waals surface area contributed by atoms with Crippen molar-refractivity contribution in [3.05, 3.63) is 69.3 Å². The molecule has 0 saturated carbocycles. The van der Waals surface area contributed by atoms with Gasteiger partial charge in [-0.15, -0.1) is 0 Å². The topological polar surface area (TPSA) is 98.5 Å². The summed E-state index contributed by atoms with van der Waals surface area (Å²) in [6.45, 7) is 3.77. The predicted octanol–water partition coefficient (Wildman–Crippen LogP) is 4.19. The number of nitrogens with zero attached hydrogens (tertiary/aromatic N) is 1. The lowest BCUT2D eigenvalue weighted by Gasteiger charge is -2.10. The Bertz CT molecular complexity index is 846. The number of benzene rings is 2. The molecule has 0 aliphatic rings. The van der Waals surface area contributed by atoms with Crippen LogP contribution in [0.4, 0.5) is 11.4 Å². The Morgan fingerprint density at radius 1 is 1.15 bits per heavy atom. The van der Waals surface area contributed by atoms with Crippen LogP contribution in [0.25, 0.3) is 0 Å². The van der Waals surface area contributed by atoms with Gasteiger partial charge in [0.15, 0.2) is 12.4 Å². The maximum absolute atomic E-state index is 12.2. The van der Waals surface area contributed by atoms with Gasteiger partial charge in [0.05, 0.1) is 10.5 Å². The van der Waals surface area contributed by atoms with Gasteiger partial charge in [0.1, 0.15) is 5.69 Å². The van der Waals surface area contributed by atoms with Crippen molar-refractivity contribution in [2.45, 2.75) is 26.2 Å². The lowest BCUT2D eigenvalue weighted by molar-refractivity contribution is -0.384. The van der Waals surface area contributed by atoms with Crippen LogP contribution < -0.4 is 5.32 Å². The highest BCUT2D eigenvalue weighted by molar-refractivity contribution is 5.99. The highest BCUT2D eigenvalue weighted by Crippen LogP contribution is 2.25. The number of nitro groups is 1.